The third kappa shape index (κ3) is 6.53. The number of alkyl halides is 3. The average Bonchev–Trinajstić information content (AvgIpc) is 2.55. The van der Waals surface area contributed by atoms with Crippen LogP contribution in [-0.2, 0) is 22.2 Å². The Bertz CT molecular complexity index is 658. The molecule has 1 aromatic carbocycles. The molecule has 2 rings (SSSR count). The largest absolute Gasteiger partial charge is 0.480 e. The molecule has 27 heavy (non-hydrogen) atoms. The molecule has 1 aliphatic carbocycles. The summed E-state index contributed by atoms with van der Waals surface area (Å²) < 4.78 is 38.1. The molecule has 5 nitrogen and oxygen atoms in total. The van der Waals surface area contributed by atoms with Crippen LogP contribution in [0.25, 0.3) is 0 Å². The summed E-state index contributed by atoms with van der Waals surface area (Å²) >= 11 is 0. The van der Waals surface area contributed by atoms with Gasteiger partial charge in [-0.3, -0.25) is 14.5 Å². The van der Waals surface area contributed by atoms with E-state index in [1.807, 2.05) is 11.8 Å². The Morgan fingerprint density at radius 3 is 2.59 bits per heavy atom. The van der Waals surface area contributed by atoms with Gasteiger partial charge in [0.25, 0.3) is 0 Å². The minimum atomic E-state index is -4.36. The van der Waals surface area contributed by atoms with Crippen molar-refractivity contribution in [1.29, 1.82) is 0 Å². The van der Waals surface area contributed by atoms with Gasteiger partial charge in [0, 0.05) is 18.5 Å². The summed E-state index contributed by atoms with van der Waals surface area (Å²) in [6.07, 6.45) is -1.78. The fraction of sp³-hybridized carbons (Fsp3) is 0.579. The number of benzene rings is 1. The standard InChI is InChI=1S/C19H25F3N2O3/c1-2-24(12-18(26)27)16-10-15(11-16)23-17(25)8-4-6-13-5-3-7-14(9-13)19(20,21)22/h3,5,7,9,15-16H,2,4,6,8,10-12H2,1H3,(H,23,25)(H,26,27). The fourth-order valence-corrected chi connectivity index (χ4v) is 3.33. The molecule has 0 heterocycles. The minimum Gasteiger partial charge on any atom is -0.480 e. The number of rotatable bonds is 9. The van der Waals surface area contributed by atoms with E-state index in [4.69, 9.17) is 5.11 Å². The highest BCUT2D eigenvalue weighted by Gasteiger charge is 2.34. The van der Waals surface area contributed by atoms with Crippen LogP contribution in [0.1, 0.15) is 43.7 Å². The van der Waals surface area contributed by atoms with Crippen LogP contribution in [0, 0.1) is 0 Å². The van der Waals surface area contributed by atoms with E-state index in [2.05, 4.69) is 5.32 Å². The van der Waals surface area contributed by atoms with Crippen molar-refractivity contribution >= 4 is 11.9 Å². The number of hydrogen-bond donors (Lipinski definition) is 2. The smallest absolute Gasteiger partial charge is 0.416 e. The molecule has 1 amide bonds. The molecule has 1 saturated carbocycles. The van der Waals surface area contributed by atoms with Gasteiger partial charge in [0.2, 0.25) is 5.91 Å². The van der Waals surface area contributed by atoms with E-state index in [-0.39, 0.29) is 31.0 Å². The molecule has 0 aromatic heterocycles. The second-order valence-corrected chi connectivity index (χ2v) is 6.90. The van der Waals surface area contributed by atoms with Gasteiger partial charge in [-0.05, 0) is 43.9 Å². The zero-order valence-electron chi connectivity index (χ0n) is 15.3. The van der Waals surface area contributed by atoms with Gasteiger partial charge in [0.05, 0.1) is 12.1 Å². The molecule has 0 saturated heterocycles. The molecule has 8 heteroatoms. The highest BCUT2D eigenvalue weighted by atomic mass is 19.4. The number of nitrogens with zero attached hydrogens (tertiary/aromatic N) is 1. The van der Waals surface area contributed by atoms with Crippen LogP contribution in [0.2, 0.25) is 0 Å². The number of carboxylic acid groups (broad SMARTS) is 1. The Hall–Kier alpha value is -2.09. The first-order valence-corrected chi connectivity index (χ1v) is 9.10. The van der Waals surface area contributed by atoms with Crippen LogP contribution < -0.4 is 5.32 Å². The van der Waals surface area contributed by atoms with Gasteiger partial charge in [-0.2, -0.15) is 13.2 Å². The number of nitrogens with one attached hydrogen (secondary N) is 1. The van der Waals surface area contributed by atoms with Gasteiger partial charge in [0.1, 0.15) is 0 Å². The van der Waals surface area contributed by atoms with E-state index >= 15 is 0 Å². The predicted octanol–water partition coefficient (Wildman–Crippen LogP) is 3.08. The SMILES string of the molecule is CCN(CC(=O)O)C1CC(NC(=O)CCCc2cccc(C(F)(F)F)c2)C1. The third-order valence-corrected chi connectivity index (χ3v) is 4.86. The Morgan fingerprint density at radius 1 is 1.30 bits per heavy atom. The monoisotopic (exact) mass is 386 g/mol. The van der Waals surface area contributed by atoms with Crippen molar-refractivity contribution < 1.29 is 27.9 Å². The maximum Gasteiger partial charge on any atom is 0.416 e. The fourth-order valence-electron chi connectivity index (χ4n) is 3.33. The summed E-state index contributed by atoms with van der Waals surface area (Å²) in [6, 6.07) is 5.37. The molecule has 0 unspecified atom stereocenters. The van der Waals surface area contributed by atoms with Crippen LogP contribution in [0.15, 0.2) is 24.3 Å². The molecule has 2 N–H and O–H groups in total. The van der Waals surface area contributed by atoms with E-state index < -0.39 is 17.7 Å². The lowest BCUT2D eigenvalue weighted by atomic mass is 9.85. The quantitative estimate of drug-likeness (QED) is 0.684. The predicted molar refractivity (Wildman–Crippen MR) is 94.2 cm³/mol. The van der Waals surface area contributed by atoms with Crippen LogP contribution in [0.5, 0.6) is 0 Å². The summed E-state index contributed by atoms with van der Waals surface area (Å²) in [4.78, 5) is 24.7. The Morgan fingerprint density at radius 2 is 2.00 bits per heavy atom. The van der Waals surface area contributed by atoms with E-state index in [0.717, 1.165) is 25.0 Å². The second-order valence-electron chi connectivity index (χ2n) is 6.90. The Labute approximate surface area is 156 Å². The lowest BCUT2D eigenvalue weighted by Crippen LogP contribution is -2.54. The lowest BCUT2D eigenvalue weighted by molar-refractivity contribution is -0.140. The summed E-state index contributed by atoms with van der Waals surface area (Å²) in [7, 11) is 0. The van der Waals surface area contributed by atoms with E-state index in [9.17, 15) is 22.8 Å². The number of carbonyl (C=O) groups excluding carboxylic acids is 1. The van der Waals surface area contributed by atoms with Gasteiger partial charge in [0.15, 0.2) is 0 Å². The van der Waals surface area contributed by atoms with Gasteiger partial charge < -0.3 is 10.4 Å². The van der Waals surface area contributed by atoms with Crippen molar-refractivity contribution in [1.82, 2.24) is 10.2 Å². The minimum absolute atomic E-state index is 0.00117. The molecule has 1 aliphatic rings. The van der Waals surface area contributed by atoms with Crippen LogP contribution >= 0.6 is 0 Å². The molecule has 0 aliphatic heterocycles. The molecule has 0 bridgehead atoms. The first kappa shape index (κ1) is 21.2. The van der Waals surface area contributed by atoms with Gasteiger partial charge >= 0.3 is 12.1 Å². The van der Waals surface area contributed by atoms with E-state index in [0.29, 0.717) is 24.9 Å². The third-order valence-electron chi connectivity index (χ3n) is 4.86. The number of halogens is 3. The molecular weight excluding hydrogens is 361 g/mol. The van der Waals surface area contributed by atoms with Crippen molar-refractivity contribution in [3.8, 4) is 0 Å². The number of carboxylic acids is 1. The lowest BCUT2D eigenvalue weighted by Gasteiger charge is -2.42. The topological polar surface area (TPSA) is 69.6 Å². The molecule has 0 spiro atoms. The first-order chi connectivity index (χ1) is 12.7. The second kappa shape index (κ2) is 9.21. The average molecular weight is 386 g/mol. The van der Waals surface area contributed by atoms with Crippen LogP contribution in [-0.4, -0.2) is 47.1 Å². The highest BCUT2D eigenvalue weighted by Crippen LogP contribution is 2.30. The number of likely N-dealkylation sites (N-methyl/N-ethyl adjacent to an activating group) is 1. The maximum absolute atomic E-state index is 12.7. The maximum atomic E-state index is 12.7. The summed E-state index contributed by atoms with van der Waals surface area (Å²) in [5.74, 6) is -0.981. The van der Waals surface area contributed by atoms with E-state index in [1.165, 1.54) is 6.07 Å². The van der Waals surface area contributed by atoms with Crippen molar-refractivity contribution in [2.24, 2.45) is 0 Å². The van der Waals surface area contributed by atoms with Crippen molar-refractivity contribution in [2.45, 2.75) is 57.3 Å². The van der Waals surface area contributed by atoms with Gasteiger partial charge in [-0.1, -0.05) is 25.1 Å². The molecule has 0 atom stereocenters. The van der Waals surface area contributed by atoms with Crippen molar-refractivity contribution in [2.75, 3.05) is 13.1 Å². The summed E-state index contributed by atoms with van der Waals surface area (Å²) in [6.45, 7) is 2.55. The summed E-state index contributed by atoms with van der Waals surface area (Å²) in [5.41, 5.74) is -0.111. The molecular formula is C19H25F3N2O3. The number of aliphatic carboxylic acids is 1. The molecule has 0 radical (unpaired) electrons. The van der Waals surface area contributed by atoms with Crippen LogP contribution in [0.4, 0.5) is 13.2 Å². The van der Waals surface area contributed by atoms with E-state index in [1.54, 1.807) is 6.07 Å². The van der Waals surface area contributed by atoms with Crippen molar-refractivity contribution in [3.05, 3.63) is 35.4 Å². The van der Waals surface area contributed by atoms with Gasteiger partial charge in [-0.15, -0.1) is 0 Å². The number of carbonyl (C=O) groups is 2. The van der Waals surface area contributed by atoms with Gasteiger partial charge in [-0.25, -0.2) is 0 Å². The Kier molecular flexibility index (Phi) is 7.24. The zero-order chi connectivity index (χ0) is 20.0. The highest BCUT2D eigenvalue weighted by molar-refractivity contribution is 5.76. The molecule has 1 aromatic rings. The molecule has 1 fully saturated rings. The molecule has 150 valence electrons. The van der Waals surface area contributed by atoms with Crippen molar-refractivity contribution in [3.63, 3.8) is 0 Å². The normalized spacial score (nSPS) is 19.6. The summed E-state index contributed by atoms with van der Waals surface area (Å²) in [5, 5.41) is 11.8. The van der Waals surface area contributed by atoms with Crippen LogP contribution in [0.3, 0.4) is 0 Å². The number of amides is 1. The number of aryl methyl sites for hydroxylation is 1. The zero-order valence-corrected chi connectivity index (χ0v) is 15.3. The first-order valence-electron chi connectivity index (χ1n) is 9.10. The number of hydrogen-bond acceptors (Lipinski definition) is 3. The Balaban J connectivity index is 1.69.